The number of amides is 1. The maximum Gasteiger partial charge on any atom is 0.258 e. The molecule has 8 heteroatoms. The summed E-state index contributed by atoms with van der Waals surface area (Å²) in [6, 6.07) is 1.92. The lowest BCUT2D eigenvalue weighted by Gasteiger charge is -2.07. The van der Waals surface area contributed by atoms with Gasteiger partial charge in [-0.1, -0.05) is 25.2 Å². The molecule has 3 heterocycles. The molecule has 4 rings (SSSR count). The van der Waals surface area contributed by atoms with E-state index >= 15 is 0 Å². The van der Waals surface area contributed by atoms with E-state index in [4.69, 9.17) is 4.98 Å². The fraction of sp³-hybridized carbons (Fsp3) is 0.526. The largest absolute Gasteiger partial charge is 0.296 e. The summed E-state index contributed by atoms with van der Waals surface area (Å²) in [6.45, 7) is 6.20. The molecule has 0 spiro atoms. The average molecular weight is 385 g/mol. The zero-order valence-corrected chi connectivity index (χ0v) is 16.9. The topological polar surface area (TPSA) is 85.6 Å². The third-order valence-electron chi connectivity index (χ3n) is 5.22. The molecule has 0 saturated heterocycles. The molecule has 1 N–H and O–H groups in total. The number of pyridine rings is 1. The molecule has 7 nitrogen and oxygen atoms in total. The molecule has 0 aromatic carbocycles. The molecule has 1 saturated carbocycles. The van der Waals surface area contributed by atoms with Crippen molar-refractivity contribution in [2.24, 2.45) is 7.05 Å². The molecule has 1 amide bonds. The van der Waals surface area contributed by atoms with Crippen LogP contribution in [-0.4, -0.2) is 30.9 Å². The lowest BCUT2D eigenvalue weighted by atomic mass is 10.1. The number of fused-ring (bicyclic) bond motifs is 1. The van der Waals surface area contributed by atoms with Crippen LogP contribution in [-0.2, 0) is 7.05 Å². The van der Waals surface area contributed by atoms with Gasteiger partial charge in [0.1, 0.15) is 5.01 Å². The number of aromatic nitrogens is 5. The first-order chi connectivity index (χ1) is 13.0. The molecule has 0 aliphatic heterocycles. The Morgan fingerprint density at radius 2 is 2.07 bits per heavy atom. The fourth-order valence-electron chi connectivity index (χ4n) is 3.48. The quantitative estimate of drug-likeness (QED) is 0.690. The summed E-state index contributed by atoms with van der Waals surface area (Å²) >= 11 is 1.46. The molecule has 0 bridgehead atoms. The monoisotopic (exact) mass is 384 g/mol. The first-order valence-corrected chi connectivity index (χ1v) is 10.3. The van der Waals surface area contributed by atoms with Crippen LogP contribution >= 0.6 is 11.3 Å². The lowest BCUT2D eigenvalue weighted by Crippen LogP contribution is -2.13. The maximum atomic E-state index is 13.1. The molecule has 0 radical (unpaired) electrons. The van der Waals surface area contributed by atoms with Gasteiger partial charge in [-0.05, 0) is 38.7 Å². The third-order valence-corrected chi connectivity index (χ3v) is 6.23. The molecule has 1 fully saturated rings. The highest BCUT2D eigenvalue weighted by Gasteiger charge is 2.28. The highest BCUT2D eigenvalue weighted by molar-refractivity contribution is 7.15. The Labute approximate surface area is 162 Å². The Balaban J connectivity index is 1.68. The molecule has 0 unspecified atom stereocenters. The molecular formula is C19H24N6OS. The summed E-state index contributed by atoms with van der Waals surface area (Å²) in [5, 5.41) is 18.2. The fourth-order valence-corrected chi connectivity index (χ4v) is 4.49. The van der Waals surface area contributed by atoms with Crippen LogP contribution in [0.15, 0.2) is 6.07 Å². The van der Waals surface area contributed by atoms with Crippen molar-refractivity contribution in [2.75, 3.05) is 5.32 Å². The first kappa shape index (κ1) is 18.0. The zero-order valence-electron chi connectivity index (χ0n) is 16.1. The zero-order chi connectivity index (χ0) is 19.1. The molecule has 142 valence electrons. The number of nitrogens with one attached hydrogen (secondary N) is 1. The molecule has 27 heavy (non-hydrogen) atoms. The van der Waals surface area contributed by atoms with E-state index in [2.05, 4.69) is 34.5 Å². The Bertz CT molecular complexity index is 999. The summed E-state index contributed by atoms with van der Waals surface area (Å²) in [5.41, 5.74) is 3.16. The summed E-state index contributed by atoms with van der Waals surface area (Å²) in [6.07, 6.45) is 4.30. The SMILES string of the molecule is CCC(CC)c1nnc(NC(=O)c2cc(C3CC3)nc3c2c(C)nn3C)s1. The summed E-state index contributed by atoms with van der Waals surface area (Å²) in [7, 11) is 1.87. The van der Waals surface area contributed by atoms with Gasteiger partial charge in [0.05, 0.1) is 16.6 Å². The van der Waals surface area contributed by atoms with Crippen LogP contribution < -0.4 is 5.32 Å². The van der Waals surface area contributed by atoms with Gasteiger partial charge in [-0.25, -0.2) is 4.98 Å². The molecule has 0 atom stereocenters. The predicted molar refractivity (Wildman–Crippen MR) is 106 cm³/mol. The van der Waals surface area contributed by atoms with E-state index in [-0.39, 0.29) is 5.91 Å². The third kappa shape index (κ3) is 3.34. The van der Waals surface area contributed by atoms with Crippen molar-refractivity contribution in [2.45, 2.75) is 58.3 Å². The van der Waals surface area contributed by atoms with E-state index < -0.39 is 0 Å². The van der Waals surface area contributed by atoms with Gasteiger partial charge in [-0.3, -0.25) is 14.8 Å². The normalized spacial score (nSPS) is 14.3. The van der Waals surface area contributed by atoms with E-state index in [1.807, 2.05) is 20.0 Å². The number of nitrogens with zero attached hydrogens (tertiary/aromatic N) is 5. The van der Waals surface area contributed by atoms with Crippen molar-refractivity contribution in [3.05, 3.63) is 28.0 Å². The second-order valence-electron chi connectivity index (χ2n) is 7.19. The second-order valence-corrected chi connectivity index (χ2v) is 8.20. The van der Waals surface area contributed by atoms with Crippen molar-refractivity contribution in [1.82, 2.24) is 25.0 Å². The highest BCUT2D eigenvalue weighted by atomic mass is 32.1. The number of rotatable bonds is 6. The van der Waals surface area contributed by atoms with Crippen molar-refractivity contribution in [3.63, 3.8) is 0 Å². The van der Waals surface area contributed by atoms with Gasteiger partial charge < -0.3 is 0 Å². The van der Waals surface area contributed by atoms with E-state index in [1.165, 1.54) is 11.3 Å². The van der Waals surface area contributed by atoms with Gasteiger partial charge in [0.2, 0.25) is 5.13 Å². The lowest BCUT2D eigenvalue weighted by molar-refractivity contribution is 0.102. The smallest absolute Gasteiger partial charge is 0.258 e. The first-order valence-electron chi connectivity index (χ1n) is 9.50. The van der Waals surface area contributed by atoms with Crippen LogP contribution in [0.25, 0.3) is 11.0 Å². The van der Waals surface area contributed by atoms with Crippen LogP contribution in [0.2, 0.25) is 0 Å². The summed E-state index contributed by atoms with van der Waals surface area (Å²) in [4.78, 5) is 17.8. The Morgan fingerprint density at radius 3 is 2.74 bits per heavy atom. The molecule has 1 aliphatic rings. The van der Waals surface area contributed by atoms with Crippen LogP contribution in [0.3, 0.4) is 0 Å². The summed E-state index contributed by atoms with van der Waals surface area (Å²) < 4.78 is 1.75. The van der Waals surface area contributed by atoms with Crippen LogP contribution in [0.1, 0.15) is 78.1 Å². The van der Waals surface area contributed by atoms with Gasteiger partial charge in [0.15, 0.2) is 5.65 Å². The van der Waals surface area contributed by atoms with Crippen molar-refractivity contribution < 1.29 is 4.79 Å². The highest BCUT2D eigenvalue weighted by Crippen LogP contribution is 2.40. The van der Waals surface area contributed by atoms with Crippen LogP contribution in [0, 0.1) is 6.92 Å². The number of carbonyl (C=O) groups is 1. The Hall–Kier alpha value is -2.35. The van der Waals surface area contributed by atoms with Gasteiger partial charge >= 0.3 is 0 Å². The minimum Gasteiger partial charge on any atom is -0.296 e. The van der Waals surface area contributed by atoms with E-state index in [0.29, 0.717) is 22.5 Å². The van der Waals surface area contributed by atoms with Crippen LogP contribution in [0.5, 0.6) is 0 Å². The number of aryl methyl sites for hydroxylation is 2. The molecule has 3 aromatic rings. The average Bonchev–Trinajstić information content (AvgIpc) is 3.35. The van der Waals surface area contributed by atoms with Crippen molar-refractivity contribution >= 4 is 33.4 Å². The predicted octanol–water partition coefficient (Wildman–Crippen LogP) is 4.16. The van der Waals surface area contributed by atoms with Gasteiger partial charge in [0, 0.05) is 24.6 Å². The van der Waals surface area contributed by atoms with Gasteiger partial charge in [-0.2, -0.15) is 5.10 Å². The van der Waals surface area contributed by atoms with Gasteiger partial charge in [-0.15, -0.1) is 10.2 Å². The number of hydrogen-bond donors (Lipinski definition) is 1. The second kappa shape index (κ2) is 6.99. The molecule has 3 aromatic heterocycles. The van der Waals surface area contributed by atoms with Crippen LogP contribution in [0.4, 0.5) is 5.13 Å². The number of carbonyl (C=O) groups excluding carboxylic acids is 1. The molecule has 1 aliphatic carbocycles. The van der Waals surface area contributed by atoms with Crippen molar-refractivity contribution in [1.29, 1.82) is 0 Å². The van der Waals surface area contributed by atoms with E-state index in [9.17, 15) is 4.79 Å². The van der Waals surface area contributed by atoms with E-state index in [1.54, 1.807) is 4.68 Å². The summed E-state index contributed by atoms with van der Waals surface area (Å²) in [5.74, 6) is 0.676. The van der Waals surface area contributed by atoms with Crippen molar-refractivity contribution in [3.8, 4) is 0 Å². The minimum absolute atomic E-state index is 0.173. The minimum atomic E-state index is -0.173. The number of anilines is 1. The Kier molecular flexibility index (Phi) is 4.67. The van der Waals surface area contributed by atoms with E-state index in [0.717, 1.165) is 53.1 Å². The number of hydrogen-bond acceptors (Lipinski definition) is 6. The standard InChI is InChI=1S/C19H24N6OS/c1-5-11(6-2)18-22-23-19(27-18)21-17(26)13-9-14(12-7-8-12)20-16-15(13)10(3)24-25(16)4/h9,11-12H,5-8H2,1-4H3,(H,21,23,26). The Morgan fingerprint density at radius 1 is 1.33 bits per heavy atom. The molecular weight excluding hydrogens is 360 g/mol. The maximum absolute atomic E-state index is 13.1. The van der Waals surface area contributed by atoms with Gasteiger partial charge in [0.25, 0.3) is 5.91 Å².